The van der Waals surface area contributed by atoms with Crippen molar-refractivity contribution in [1.82, 2.24) is 0 Å². The molecule has 13 atom stereocenters. The Morgan fingerprint density at radius 3 is 2.44 bits per heavy atom. The van der Waals surface area contributed by atoms with E-state index in [0.29, 0.717) is 12.2 Å². The highest BCUT2D eigenvalue weighted by Crippen LogP contribution is 2.55. The second-order valence-electron chi connectivity index (χ2n) is 14.2. The number of methoxy groups -OCH3 is 1. The van der Waals surface area contributed by atoms with E-state index in [1.165, 1.54) is 6.92 Å². The number of hydrogen-bond donors (Lipinski definition) is 5. The van der Waals surface area contributed by atoms with Crippen LogP contribution in [0.25, 0.3) is 0 Å². The third-order valence-corrected chi connectivity index (χ3v) is 10.6. The van der Waals surface area contributed by atoms with Crippen molar-refractivity contribution in [1.29, 1.82) is 0 Å². The van der Waals surface area contributed by atoms with Crippen LogP contribution in [0.3, 0.4) is 0 Å². The smallest absolute Gasteiger partial charge is 0.302 e. The molecular formula is C34H54O11. The summed E-state index contributed by atoms with van der Waals surface area (Å²) in [7, 11) is 1.67. The number of carbonyl (C=O) groups is 1. The summed E-state index contributed by atoms with van der Waals surface area (Å²) < 4.78 is 29.3. The van der Waals surface area contributed by atoms with Crippen molar-refractivity contribution in [3.05, 3.63) is 35.5 Å². The van der Waals surface area contributed by atoms with Gasteiger partial charge in [0.2, 0.25) is 0 Å². The Morgan fingerprint density at radius 2 is 1.82 bits per heavy atom. The number of esters is 1. The number of aliphatic hydroxyl groups is 5. The molecule has 1 aliphatic heterocycles. The minimum absolute atomic E-state index is 0.00578. The molecule has 0 amide bonds. The molecule has 0 spiro atoms. The minimum atomic E-state index is -1.64. The van der Waals surface area contributed by atoms with E-state index < -0.39 is 66.0 Å². The summed E-state index contributed by atoms with van der Waals surface area (Å²) in [6, 6.07) is 0. The molecule has 1 saturated heterocycles. The van der Waals surface area contributed by atoms with Gasteiger partial charge in [-0.05, 0) is 57.4 Å². The van der Waals surface area contributed by atoms with Gasteiger partial charge in [-0.1, -0.05) is 37.1 Å². The standard InChI is InChI=1S/C34H54O11/c1-9-33(5,6)43-16-24-28(38)29(39)30(40)32(44-24)45-31-26-22(17(2)14-42-19(4)35)12-25(36)34(26,7)13-23-20(15-41-8)10-11-21(23)18(3)27(31)37/h9,13,17-18,20-21,24-25,27-32,36-40H,1,10-12,14-16H2,2-8H3/t17?,18-,20-,21+,24-,25+,27-,28-,29+,30-,31-,32-,34+/m1/s1. The van der Waals surface area contributed by atoms with Crippen LogP contribution in [-0.2, 0) is 28.5 Å². The van der Waals surface area contributed by atoms with Gasteiger partial charge in [0.1, 0.15) is 30.5 Å². The van der Waals surface area contributed by atoms with Gasteiger partial charge in [-0.3, -0.25) is 4.79 Å². The Kier molecular flexibility index (Phi) is 11.4. The van der Waals surface area contributed by atoms with Crippen molar-refractivity contribution in [2.45, 2.75) is 115 Å². The lowest BCUT2D eigenvalue weighted by Crippen LogP contribution is -2.61. The monoisotopic (exact) mass is 638 g/mol. The lowest BCUT2D eigenvalue weighted by atomic mass is 9.68. The fourth-order valence-electron chi connectivity index (χ4n) is 7.56. The number of fused-ring (bicyclic) bond motifs is 2. The van der Waals surface area contributed by atoms with E-state index in [-0.39, 0.29) is 43.3 Å². The zero-order valence-electron chi connectivity index (χ0n) is 27.7. The maximum Gasteiger partial charge on any atom is 0.302 e. The molecule has 0 bridgehead atoms. The number of hydrogen-bond acceptors (Lipinski definition) is 11. The lowest BCUT2D eigenvalue weighted by Gasteiger charge is -2.46. The van der Waals surface area contributed by atoms with Crippen LogP contribution in [0.1, 0.15) is 60.8 Å². The molecule has 45 heavy (non-hydrogen) atoms. The Hall–Kier alpha value is -1.67. The first-order valence-electron chi connectivity index (χ1n) is 16.1. The van der Waals surface area contributed by atoms with E-state index in [2.05, 4.69) is 12.7 Å². The van der Waals surface area contributed by atoms with Crippen molar-refractivity contribution in [2.75, 3.05) is 26.9 Å². The summed E-state index contributed by atoms with van der Waals surface area (Å²) in [5, 5.41) is 56.5. The Morgan fingerprint density at radius 1 is 1.13 bits per heavy atom. The molecule has 0 aromatic rings. The highest BCUT2D eigenvalue weighted by Gasteiger charge is 2.55. The van der Waals surface area contributed by atoms with Gasteiger partial charge in [0.05, 0.1) is 37.6 Å². The normalized spacial score (nSPS) is 41.1. The van der Waals surface area contributed by atoms with Crippen LogP contribution in [0.2, 0.25) is 0 Å². The first-order valence-corrected chi connectivity index (χ1v) is 16.1. The first-order chi connectivity index (χ1) is 21.1. The van der Waals surface area contributed by atoms with Crippen molar-refractivity contribution in [3.8, 4) is 0 Å². The molecule has 4 rings (SSSR count). The predicted molar refractivity (Wildman–Crippen MR) is 165 cm³/mol. The number of carbonyl (C=O) groups excluding carboxylic acids is 1. The Bertz CT molecular complexity index is 1130. The van der Waals surface area contributed by atoms with Crippen molar-refractivity contribution in [2.24, 2.45) is 29.1 Å². The molecule has 0 aromatic carbocycles. The zero-order valence-corrected chi connectivity index (χ0v) is 27.7. The van der Waals surface area contributed by atoms with E-state index in [0.717, 1.165) is 24.0 Å². The maximum atomic E-state index is 12.1. The first kappa shape index (κ1) is 36.2. The Balaban J connectivity index is 1.78. The Labute approximate surface area is 266 Å². The average Bonchev–Trinajstić information content (AvgIpc) is 3.49. The summed E-state index contributed by atoms with van der Waals surface area (Å²) in [4.78, 5) is 11.7. The third-order valence-electron chi connectivity index (χ3n) is 10.6. The van der Waals surface area contributed by atoms with Crippen LogP contribution < -0.4 is 0 Å². The summed E-state index contributed by atoms with van der Waals surface area (Å²) in [5.74, 6) is -0.878. The van der Waals surface area contributed by atoms with Crippen molar-refractivity contribution < 1.29 is 54.0 Å². The lowest BCUT2D eigenvalue weighted by molar-refractivity contribution is -0.319. The molecular weight excluding hydrogens is 584 g/mol. The molecule has 1 unspecified atom stereocenters. The molecule has 11 heteroatoms. The van der Waals surface area contributed by atoms with Gasteiger partial charge in [0.15, 0.2) is 6.29 Å². The van der Waals surface area contributed by atoms with Gasteiger partial charge in [0.25, 0.3) is 0 Å². The van der Waals surface area contributed by atoms with E-state index in [1.807, 2.05) is 20.8 Å². The van der Waals surface area contributed by atoms with Gasteiger partial charge >= 0.3 is 5.97 Å². The van der Waals surface area contributed by atoms with Gasteiger partial charge in [0, 0.05) is 31.3 Å². The molecule has 5 N–H and O–H groups in total. The van der Waals surface area contributed by atoms with E-state index in [1.54, 1.807) is 27.0 Å². The molecule has 0 aromatic heterocycles. The molecule has 1 heterocycles. The van der Waals surface area contributed by atoms with Crippen molar-refractivity contribution in [3.63, 3.8) is 0 Å². The second kappa shape index (κ2) is 14.2. The molecule has 1 saturated carbocycles. The van der Waals surface area contributed by atoms with Crippen LogP contribution in [-0.4, -0.2) is 113 Å². The van der Waals surface area contributed by atoms with Gasteiger partial charge in [-0.25, -0.2) is 0 Å². The molecule has 256 valence electrons. The van der Waals surface area contributed by atoms with Crippen LogP contribution in [0, 0.1) is 29.1 Å². The summed E-state index contributed by atoms with van der Waals surface area (Å²) >= 11 is 0. The van der Waals surface area contributed by atoms with Crippen LogP contribution >= 0.6 is 0 Å². The zero-order chi connectivity index (χ0) is 33.4. The maximum absolute atomic E-state index is 12.1. The fraction of sp³-hybridized carbons (Fsp3) is 0.794. The largest absolute Gasteiger partial charge is 0.465 e. The molecule has 11 nitrogen and oxygen atoms in total. The van der Waals surface area contributed by atoms with E-state index in [9.17, 15) is 30.3 Å². The van der Waals surface area contributed by atoms with Crippen LogP contribution in [0.15, 0.2) is 35.5 Å². The highest BCUT2D eigenvalue weighted by molar-refractivity contribution is 5.65. The molecule has 4 aliphatic rings. The molecule has 0 radical (unpaired) electrons. The highest BCUT2D eigenvalue weighted by atomic mass is 16.7. The van der Waals surface area contributed by atoms with Gasteiger partial charge in [-0.15, -0.1) is 6.58 Å². The third kappa shape index (κ3) is 7.27. The summed E-state index contributed by atoms with van der Waals surface area (Å²) in [6.07, 6.45) is -4.51. The quantitative estimate of drug-likeness (QED) is 0.166. The predicted octanol–water partition coefficient (Wildman–Crippen LogP) is 2.04. The van der Waals surface area contributed by atoms with Crippen LogP contribution in [0.4, 0.5) is 0 Å². The SMILES string of the molecule is C=CC(C)(C)OC[C@H]1O[C@H](O[C@@H]2C3=C(C(C)COC(C)=O)C[C@H](O)[C@]3(C)C=C3[C@@H](COC)CC[C@H]3[C@@H](C)[C@H]2O)[C@H](O)[C@@H](O)[C@@H]1O. The molecule has 3 aliphatic carbocycles. The number of rotatable bonds is 11. The van der Waals surface area contributed by atoms with Gasteiger partial charge in [-0.2, -0.15) is 0 Å². The van der Waals surface area contributed by atoms with Gasteiger partial charge < -0.3 is 49.2 Å². The number of aliphatic hydroxyl groups excluding tert-OH is 5. The number of ether oxygens (including phenoxy) is 5. The average molecular weight is 639 g/mol. The summed E-state index contributed by atoms with van der Waals surface area (Å²) in [6.45, 7) is 15.0. The van der Waals surface area contributed by atoms with E-state index in [4.69, 9.17) is 23.7 Å². The van der Waals surface area contributed by atoms with Crippen LogP contribution in [0.5, 0.6) is 0 Å². The van der Waals surface area contributed by atoms with Crippen molar-refractivity contribution >= 4 is 5.97 Å². The van der Waals surface area contributed by atoms with E-state index >= 15 is 0 Å². The minimum Gasteiger partial charge on any atom is -0.465 e. The molecule has 2 fully saturated rings. The topological polar surface area (TPSA) is 164 Å². The summed E-state index contributed by atoms with van der Waals surface area (Å²) in [5.41, 5.74) is 0.864. The second-order valence-corrected chi connectivity index (χ2v) is 14.2. The fourth-order valence-corrected chi connectivity index (χ4v) is 7.56.